The molecule has 0 aromatic heterocycles. The highest BCUT2D eigenvalue weighted by atomic mass is 35.5. The third-order valence-electron chi connectivity index (χ3n) is 5.38. The van der Waals surface area contributed by atoms with Crippen LogP contribution < -0.4 is 0 Å². The van der Waals surface area contributed by atoms with Crippen molar-refractivity contribution in [1.29, 1.82) is 0 Å². The molecule has 0 spiro atoms. The molecule has 0 aromatic carbocycles. The van der Waals surface area contributed by atoms with Gasteiger partial charge in [0.15, 0.2) is 0 Å². The number of fused-ring (bicyclic) bond motifs is 2. The van der Waals surface area contributed by atoms with Gasteiger partial charge in [0.25, 0.3) is 0 Å². The van der Waals surface area contributed by atoms with Crippen LogP contribution in [0.2, 0.25) is 0 Å². The van der Waals surface area contributed by atoms with Gasteiger partial charge in [0.2, 0.25) is 0 Å². The minimum absolute atomic E-state index is 0.118. The Morgan fingerprint density at radius 2 is 2.00 bits per heavy atom. The van der Waals surface area contributed by atoms with Crippen LogP contribution in [0.5, 0.6) is 0 Å². The van der Waals surface area contributed by atoms with Crippen molar-refractivity contribution >= 4 is 17.6 Å². The molecular weight excluding hydrogens is 296 g/mol. The van der Waals surface area contributed by atoms with Gasteiger partial charge in [-0.25, -0.2) is 4.79 Å². The summed E-state index contributed by atoms with van der Waals surface area (Å²) in [6, 6.07) is 0. The molecular formula is C15H19ClO5. The van der Waals surface area contributed by atoms with E-state index in [-0.39, 0.29) is 30.7 Å². The monoisotopic (exact) mass is 314 g/mol. The summed E-state index contributed by atoms with van der Waals surface area (Å²) in [4.78, 5) is 11.7. The number of hydrogen-bond donors (Lipinski definition) is 3. The van der Waals surface area contributed by atoms with Gasteiger partial charge in [0.1, 0.15) is 6.10 Å². The van der Waals surface area contributed by atoms with Crippen LogP contribution in [-0.4, -0.2) is 50.6 Å². The van der Waals surface area contributed by atoms with Crippen LogP contribution in [0.3, 0.4) is 0 Å². The van der Waals surface area contributed by atoms with E-state index in [0.717, 1.165) is 0 Å². The summed E-state index contributed by atoms with van der Waals surface area (Å²) >= 11 is 5.95. The second-order valence-electron chi connectivity index (χ2n) is 6.47. The average molecular weight is 315 g/mol. The molecule has 2 saturated carbocycles. The molecule has 0 aromatic rings. The summed E-state index contributed by atoms with van der Waals surface area (Å²) in [6.45, 7) is 7.51. The number of carbonyl (C=O) groups is 1. The molecule has 6 unspecified atom stereocenters. The van der Waals surface area contributed by atoms with E-state index in [9.17, 15) is 20.1 Å². The molecule has 6 atom stereocenters. The fraction of sp³-hybridized carbons (Fsp3) is 0.667. The van der Waals surface area contributed by atoms with Crippen molar-refractivity contribution < 1.29 is 24.9 Å². The first-order chi connectivity index (χ1) is 9.73. The summed E-state index contributed by atoms with van der Waals surface area (Å²) in [5, 5.41) is 32.0. The van der Waals surface area contributed by atoms with Crippen LogP contribution in [0.1, 0.15) is 19.3 Å². The number of esters is 1. The van der Waals surface area contributed by atoms with E-state index < -0.39 is 41.2 Å². The molecule has 3 rings (SSSR count). The average Bonchev–Trinajstić information content (AvgIpc) is 2.78. The molecule has 116 valence electrons. The highest BCUT2D eigenvalue weighted by molar-refractivity contribution is 6.18. The summed E-state index contributed by atoms with van der Waals surface area (Å²) < 4.78 is 5.27. The number of aliphatic hydroxyl groups is 3. The first kappa shape index (κ1) is 15.0. The lowest BCUT2D eigenvalue weighted by molar-refractivity contribution is -0.142. The number of halogens is 1. The highest BCUT2D eigenvalue weighted by Crippen LogP contribution is 2.55. The molecule has 0 bridgehead atoms. The zero-order valence-corrected chi connectivity index (χ0v) is 12.3. The number of hydrogen-bond acceptors (Lipinski definition) is 5. The zero-order chi connectivity index (χ0) is 15.6. The van der Waals surface area contributed by atoms with Crippen molar-refractivity contribution in [2.24, 2.45) is 11.8 Å². The van der Waals surface area contributed by atoms with Gasteiger partial charge < -0.3 is 20.1 Å². The quantitative estimate of drug-likeness (QED) is 0.284. The molecule has 3 N–H and O–H groups in total. The van der Waals surface area contributed by atoms with Crippen LogP contribution in [0.15, 0.2) is 24.3 Å². The van der Waals surface area contributed by atoms with E-state index >= 15 is 0 Å². The molecule has 3 fully saturated rings. The maximum absolute atomic E-state index is 11.7. The number of ether oxygens (including phenoxy) is 1. The number of alkyl halides is 1. The number of rotatable bonds is 1. The molecule has 0 amide bonds. The largest absolute Gasteiger partial charge is 0.458 e. The van der Waals surface area contributed by atoms with E-state index in [1.54, 1.807) is 0 Å². The lowest BCUT2D eigenvalue weighted by Gasteiger charge is -2.39. The second-order valence-corrected chi connectivity index (χ2v) is 6.74. The van der Waals surface area contributed by atoms with Gasteiger partial charge in [-0.3, -0.25) is 0 Å². The number of carbonyl (C=O) groups excluding carboxylic acids is 1. The van der Waals surface area contributed by atoms with Crippen molar-refractivity contribution in [1.82, 2.24) is 0 Å². The first-order valence-corrected chi connectivity index (χ1v) is 7.54. The van der Waals surface area contributed by atoms with Gasteiger partial charge in [-0.05, 0) is 18.4 Å². The predicted molar refractivity (Wildman–Crippen MR) is 75.6 cm³/mol. The summed E-state index contributed by atoms with van der Waals surface area (Å²) in [5.41, 5.74) is -2.34. The molecule has 0 radical (unpaired) electrons. The Labute approximate surface area is 127 Å². The zero-order valence-electron chi connectivity index (χ0n) is 11.6. The fourth-order valence-electron chi connectivity index (χ4n) is 4.09. The van der Waals surface area contributed by atoms with Gasteiger partial charge >= 0.3 is 5.97 Å². The summed E-state index contributed by atoms with van der Waals surface area (Å²) in [6.07, 6.45) is -0.967. The van der Waals surface area contributed by atoms with Crippen molar-refractivity contribution in [2.45, 2.75) is 42.7 Å². The SMILES string of the molecule is C=C1C(=O)OC2CC(O)(CCl)C3CC(O)C(=C)C3(O)CC12. The van der Waals surface area contributed by atoms with Crippen LogP contribution in [0.25, 0.3) is 0 Å². The number of aliphatic hydroxyl groups excluding tert-OH is 1. The Balaban J connectivity index is 2.07. The molecule has 2 aliphatic carbocycles. The van der Waals surface area contributed by atoms with E-state index in [1.807, 2.05) is 0 Å². The van der Waals surface area contributed by atoms with Crippen molar-refractivity contribution in [3.63, 3.8) is 0 Å². The van der Waals surface area contributed by atoms with Crippen LogP contribution >= 0.6 is 11.6 Å². The van der Waals surface area contributed by atoms with E-state index in [0.29, 0.717) is 5.57 Å². The van der Waals surface area contributed by atoms with Crippen molar-refractivity contribution in [2.75, 3.05) is 5.88 Å². The molecule has 1 aliphatic heterocycles. The molecule has 5 nitrogen and oxygen atoms in total. The summed E-state index contributed by atoms with van der Waals surface area (Å²) in [7, 11) is 0. The third-order valence-corrected chi connectivity index (χ3v) is 5.84. The lowest BCUT2D eigenvalue weighted by Crippen LogP contribution is -2.50. The van der Waals surface area contributed by atoms with Gasteiger partial charge in [0, 0.05) is 23.8 Å². The van der Waals surface area contributed by atoms with Gasteiger partial charge in [-0.15, -0.1) is 11.6 Å². The standard InChI is InChI=1S/C15H19ClO5/c1-7-9-4-15(20)8(2)10(17)3-12(15)14(19,6-16)5-11(9)21-13(7)18/h9-12,17,19-20H,1-6H2. The molecule has 3 aliphatic rings. The van der Waals surface area contributed by atoms with Gasteiger partial charge in [-0.2, -0.15) is 0 Å². The maximum Gasteiger partial charge on any atom is 0.334 e. The first-order valence-electron chi connectivity index (χ1n) is 7.01. The van der Waals surface area contributed by atoms with Gasteiger partial charge in [-0.1, -0.05) is 13.2 Å². The Hall–Kier alpha value is -0.880. The van der Waals surface area contributed by atoms with Crippen molar-refractivity contribution in [3.8, 4) is 0 Å². The van der Waals surface area contributed by atoms with Crippen LogP contribution in [0.4, 0.5) is 0 Å². The fourth-order valence-corrected chi connectivity index (χ4v) is 4.39. The second kappa shape index (κ2) is 4.56. The Morgan fingerprint density at radius 3 is 2.62 bits per heavy atom. The lowest BCUT2D eigenvalue weighted by atomic mass is 9.75. The molecule has 1 heterocycles. The third kappa shape index (κ3) is 1.91. The summed E-state index contributed by atoms with van der Waals surface area (Å²) in [5.74, 6) is -1.66. The maximum atomic E-state index is 11.7. The highest BCUT2D eigenvalue weighted by Gasteiger charge is 2.63. The topological polar surface area (TPSA) is 87.0 Å². The van der Waals surface area contributed by atoms with E-state index in [4.69, 9.17) is 16.3 Å². The van der Waals surface area contributed by atoms with E-state index in [2.05, 4.69) is 13.2 Å². The Bertz CT molecular complexity index is 532. The Kier molecular flexibility index (Phi) is 3.26. The van der Waals surface area contributed by atoms with Crippen LogP contribution in [0, 0.1) is 11.8 Å². The molecule has 21 heavy (non-hydrogen) atoms. The molecule has 6 heteroatoms. The minimum Gasteiger partial charge on any atom is -0.458 e. The van der Waals surface area contributed by atoms with Crippen molar-refractivity contribution in [3.05, 3.63) is 24.3 Å². The Morgan fingerprint density at radius 1 is 1.33 bits per heavy atom. The smallest absolute Gasteiger partial charge is 0.334 e. The predicted octanol–water partition coefficient (Wildman–Crippen LogP) is 0.516. The minimum atomic E-state index is -1.47. The van der Waals surface area contributed by atoms with Gasteiger partial charge in [0.05, 0.1) is 23.2 Å². The van der Waals surface area contributed by atoms with Crippen LogP contribution in [-0.2, 0) is 9.53 Å². The normalized spacial score (nSPS) is 49.6. The van der Waals surface area contributed by atoms with E-state index in [1.165, 1.54) is 0 Å². The molecule has 1 saturated heterocycles.